The number of hydrogen-bond donors (Lipinski definition) is 2. The summed E-state index contributed by atoms with van der Waals surface area (Å²) in [6, 6.07) is 13.8. The Kier molecular flexibility index (Phi) is 5.45. The Hall–Kier alpha value is -2.99. The number of fused-ring (bicyclic) bond motifs is 1. The van der Waals surface area contributed by atoms with Crippen LogP contribution in [0.25, 0.3) is 22.2 Å². The fraction of sp³-hybridized carbons (Fsp3) is 0.348. The number of aromatic amines is 1. The van der Waals surface area contributed by atoms with Gasteiger partial charge >= 0.3 is 0 Å². The molecule has 3 aromatic rings. The lowest BCUT2D eigenvalue weighted by Crippen LogP contribution is -2.57. The molecule has 6 heteroatoms. The SMILES string of the molecule is CN(C(=O)c1ccc(-c2ccc3[nH]cnc3c2)cc1)C1(NCCC=O)CCCC1. The largest absolute Gasteiger partial charge is 0.345 e. The average molecular weight is 390 g/mol. The van der Waals surface area contributed by atoms with Crippen molar-refractivity contribution in [1.82, 2.24) is 20.2 Å². The van der Waals surface area contributed by atoms with E-state index in [9.17, 15) is 9.59 Å². The van der Waals surface area contributed by atoms with E-state index in [2.05, 4.69) is 15.3 Å². The molecule has 1 aliphatic carbocycles. The fourth-order valence-corrected chi connectivity index (χ4v) is 4.26. The molecule has 4 rings (SSSR count). The summed E-state index contributed by atoms with van der Waals surface area (Å²) < 4.78 is 0. The van der Waals surface area contributed by atoms with Gasteiger partial charge in [0.2, 0.25) is 0 Å². The third-order valence-electron chi connectivity index (χ3n) is 5.98. The highest BCUT2D eigenvalue weighted by Gasteiger charge is 2.39. The molecule has 0 aliphatic heterocycles. The van der Waals surface area contributed by atoms with Crippen LogP contribution in [0.3, 0.4) is 0 Å². The van der Waals surface area contributed by atoms with Gasteiger partial charge in [0, 0.05) is 25.6 Å². The predicted octanol–water partition coefficient (Wildman–Crippen LogP) is 3.75. The van der Waals surface area contributed by atoms with Gasteiger partial charge in [-0.2, -0.15) is 0 Å². The second-order valence-corrected chi connectivity index (χ2v) is 7.70. The number of nitrogens with zero attached hydrogens (tertiary/aromatic N) is 2. The minimum Gasteiger partial charge on any atom is -0.345 e. The Morgan fingerprint density at radius 3 is 2.62 bits per heavy atom. The maximum absolute atomic E-state index is 13.2. The molecular formula is C23H26N4O2. The summed E-state index contributed by atoms with van der Waals surface area (Å²) in [6.07, 6.45) is 7.05. The molecule has 0 saturated heterocycles. The Bertz CT molecular complexity index is 1000. The van der Waals surface area contributed by atoms with Gasteiger partial charge in [0.25, 0.3) is 5.91 Å². The molecule has 0 atom stereocenters. The second-order valence-electron chi connectivity index (χ2n) is 7.70. The van der Waals surface area contributed by atoms with Gasteiger partial charge in [0.15, 0.2) is 0 Å². The fourth-order valence-electron chi connectivity index (χ4n) is 4.26. The van der Waals surface area contributed by atoms with Crippen molar-refractivity contribution in [3.05, 3.63) is 54.4 Å². The zero-order chi connectivity index (χ0) is 20.3. The van der Waals surface area contributed by atoms with Crippen LogP contribution in [0.5, 0.6) is 0 Å². The molecule has 1 amide bonds. The lowest BCUT2D eigenvalue weighted by Gasteiger charge is -2.40. The molecule has 0 spiro atoms. The molecule has 0 bridgehead atoms. The van der Waals surface area contributed by atoms with Gasteiger partial charge in [-0.25, -0.2) is 4.98 Å². The monoisotopic (exact) mass is 390 g/mol. The molecule has 0 radical (unpaired) electrons. The number of hydrogen-bond acceptors (Lipinski definition) is 4. The Morgan fingerprint density at radius 2 is 1.90 bits per heavy atom. The Morgan fingerprint density at radius 1 is 1.17 bits per heavy atom. The van der Waals surface area contributed by atoms with Crippen molar-refractivity contribution >= 4 is 23.2 Å². The molecule has 1 aliphatic rings. The van der Waals surface area contributed by atoms with Crippen LogP contribution in [0.2, 0.25) is 0 Å². The van der Waals surface area contributed by atoms with E-state index >= 15 is 0 Å². The van der Waals surface area contributed by atoms with Crippen LogP contribution >= 0.6 is 0 Å². The molecule has 1 aromatic heterocycles. The van der Waals surface area contributed by atoms with E-state index in [1.54, 1.807) is 6.33 Å². The number of aldehydes is 1. The van der Waals surface area contributed by atoms with Gasteiger partial charge in [0.1, 0.15) is 6.29 Å². The zero-order valence-electron chi connectivity index (χ0n) is 16.6. The van der Waals surface area contributed by atoms with Gasteiger partial charge in [-0.1, -0.05) is 18.2 Å². The average Bonchev–Trinajstić information content (AvgIpc) is 3.42. The summed E-state index contributed by atoms with van der Waals surface area (Å²) in [5, 5.41) is 3.46. The predicted molar refractivity (Wildman–Crippen MR) is 114 cm³/mol. The number of nitrogens with one attached hydrogen (secondary N) is 2. The lowest BCUT2D eigenvalue weighted by molar-refractivity contribution is -0.107. The molecule has 150 valence electrons. The first kappa shape index (κ1) is 19.3. The van der Waals surface area contributed by atoms with Crippen LogP contribution in [0, 0.1) is 0 Å². The molecule has 1 heterocycles. The van der Waals surface area contributed by atoms with Gasteiger partial charge in [-0.3, -0.25) is 10.1 Å². The summed E-state index contributed by atoms with van der Waals surface area (Å²) in [4.78, 5) is 33.1. The van der Waals surface area contributed by atoms with Crippen molar-refractivity contribution in [3.8, 4) is 11.1 Å². The van der Waals surface area contributed by atoms with Gasteiger partial charge in [-0.15, -0.1) is 0 Å². The summed E-state index contributed by atoms with van der Waals surface area (Å²) >= 11 is 0. The van der Waals surface area contributed by atoms with Crippen LogP contribution in [0.15, 0.2) is 48.8 Å². The Balaban J connectivity index is 1.52. The standard InChI is InChI=1S/C23H26N4O2/c1-27(23(11-2-3-12-23)26-13-4-14-28)22(29)18-7-5-17(6-8-18)19-9-10-20-21(15-19)25-16-24-20/h5-10,14-16,26H,2-4,11-13H2,1H3,(H,24,25). The number of imidazole rings is 1. The summed E-state index contributed by atoms with van der Waals surface area (Å²) in [5.41, 5.74) is 4.36. The van der Waals surface area contributed by atoms with E-state index in [-0.39, 0.29) is 11.6 Å². The third-order valence-corrected chi connectivity index (χ3v) is 5.98. The third kappa shape index (κ3) is 3.80. The van der Waals surface area contributed by atoms with Crippen LogP contribution in [0.1, 0.15) is 42.5 Å². The van der Waals surface area contributed by atoms with E-state index in [0.29, 0.717) is 18.5 Å². The number of rotatable bonds is 7. The topological polar surface area (TPSA) is 78.1 Å². The van der Waals surface area contributed by atoms with Crippen LogP contribution in [-0.4, -0.2) is 46.3 Å². The van der Waals surface area contributed by atoms with Crippen LogP contribution < -0.4 is 5.32 Å². The van der Waals surface area contributed by atoms with Crippen molar-refractivity contribution in [2.75, 3.05) is 13.6 Å². The normalized spacial score (nSPS) is 15.5. The highest BCUT2D eigenvalue weighted by molar-refractivity contribution is 5.95. The molecule has 2 N–H and O–H groups in total. The maximum atomic E-state index is 13.2. The van der Waals surface area contributed by atoms with Gasteiger partial charge < -0.3 is 14.7 Å². The van der Waals surface area contributed by atoms with E-state index in [1.165, 1.54) is 0 Å². The number of aromatic nitrogens is 2. The van der Waals surface area contributed by atoms with Crippen LogP contribution in [0.4, 0.5) is 0 Å². The first-order chi connectivity index (χ1) is 14.1. The van der Waals surface area contributed by atoms with Crippen LogP contribution in [-0.2, 0) is 4.79 Å². The number of carbonyl (C=O) groups excluding carboxylic acids is 2. The molecule has 6 nitrogen and oxygen atoms in total. The number of amides is 1. The number of benzene rings is 2. The highest BCUT2D eigenvalue weighted by Crippen LogP contribution is 2.33. The van der Waals surface area contributed by atoms with Crippen molar-refractivity contribution in [3.63, 3.8) is 0 Å². The van der Waals surface area contributed by atoms with E-state index in [0.717, 1.165) is 54.1 Å². The quantitative estimate of drug-likeness (QED) is 0.366. The molecular weight excluding hydrogens is 364 g/mol. The van der Waals surface area contributed by atoms with E-state index < -0.39 is 0 Å². The molecule has 1 fully saturated rings. The summed E-state index contributed by atoms with van der Waals surface area (Å²) in [7, 11) is 1.86. The number of carbonyl (C=O) groups is 2. The molecule has 2 aromatic carbocycles. The lowest BCUT2D eigenvalue weighted by atomic mass is 10.0. The maximum Gasteiger partial charge on any atom is 0.255 e. The van der Waals surface area contributed by atoms with E-state index in [1.807, 2.05) is 54.4 Å². The van der Waals surface area contributed by atoms with Gasteiger partial charge in [-0.05, 0) is 61.1 Å². The minimum absolute atomic E-state index is 0.000179. The van der Waals surface area contributed by atoms with Crippen molar-refractivity contribution in [1.29, 1.82) is 0 Å². The first-order valence-electron chi connectivity index (χ1n) is 10.1. The summed E-state index contributed by atoms with van der Waals surface area (Å²) in [5.74, 6) is -0.000179. The first-order valence-corrected chi connectivity index (χ1v) is 10.1. The molecule has 0 unspecified atom stereocenters. The number of H-pyrrole nitrogens is 1. The van der Waals surface area contributed by atoms with Gasteiger partial charge in [0.05, 0.1) is 23.0 Å². The summed E-state index contributed by atoms with van der Waals surface area (Å²) in [6.45, 7) is 0.593. The van der Waals surface area contributed by atoms with Crippen molar-refractivity contribution < 1.29 is 9.59 Å². The smallest absolute Gasteiger partial charge is 0.255 e. The molecule has 1 saturated carbocycles. The Labute approximate surface area is 170 Å². The minimum atomic E-state index is -0.357. The molecule has 29 heavy (non-hydrogen) atoms. The zero-order valence-corrected chi connectivity index (χ0v) is 16.6. The second kappa shape index (κ2) is 8.17. The van der Waals surface area contributed by atoms with Crippen molar-refractivity contribution in [2.45, 2.75) is 37.8 Å². The van der Waals surface area contributed by atoms with Crippen molar-refractivity contribution in [2.24, 2.45) is 0 Å². The highest BCUT2D eigenvalue weighted by atomic mass is 16.2. The van der Waals surface area contributed by atoms with E-state index in [4.69, 9.17) is 0 Å².